The van der Waals surface area contributed by atoms with Crippen LogP contribution in [0.4, 0.5) is 0 Å². The molecule has 2 atom stereocenters. The summed E-state index contributed by atoms with van der Waals surface area (Å²) < 4.78 is 5.68. The molecule has 2 aliphatic carbocycles. The van der Waals surface area contributed by atoms with Gasteiger partial charge in [-0.1, -0.05) is 25.1 Å². The molecule has 2 aliphatic rings. The zero-order valence-electron chi connectivity index (χ0n) is 14.6. The molecular weight excluding hydrogens is 314 g/mol. The quantitative estimate of drug-likeness (QED) is 0.777. The van der Waals surface area contributed by atoms with Gasteiger partial charge in [-0.15, -0.1) is 0 Å². The van der Waals surface area contributed by atoms with E-state index in [0.717, 1.165) is 54.3 Å². The number of fused-ring (bicyclic) bond motifs is 2. The monoisotopic (exact) mass is 337 g/mol. The lowest BCUT2D eigenvalue weighted by Gasteiger charge is -2.26. The average Bonchev–Trinajstić information content (AvgIpc) is 2.61. The van der Waals surface area contributed by atoms with Crippen molar-refractivity contribution in [2.75, 3.05) is 0 Å². The molecule has 2 aromatic rings. The van der Waals surface area contributed by atoms with Crippen LogP contribution in [0.3, 0.4) is 0 Å². The number of pyridine rings is 1. The first-order valence-corrected chi connectivity index (χ1v) is 9.27. The van der Waals surface area contributed by atoms with Crippen LogP contribution < -0.4 is 0 Å². The average molecular weight is 337 g/mol. The molecule has 1 aromatic heterocycles. The molecule has 0 amide bonds. The third-order valence-corrected chi connectivity index (χ3v) is 5.46. The van der Waals surface area contributed by atoms with Crippen LogP contribution in [0.5, 0.6) is 0 Å². The molecule has 1 heterocycles. The number of hydrogen-bond acceptors (Lipinski definition) is 4. The van der Waals surface area contributed by atoms with E-state index in [0.29, 0.717) is 24.3 Å². The van der Waals surface area contributed by atoms with Gasteiger partial charge >= 0.3 is 5.97 Å². The number of carbonyl (C=O) groups is 2. The maximum Gasteiger partial charge on any atom is 0.339 e. The van der Waals surface area contributed by atoms with Gasteiger partial charge in [0.05, 0.1) is 11.1 Å². The number of esters is 1. The van der Waals surface area contributed by atoms with Crippen molar-refractivity contribution >= 4 is 22.7 Å². The minimum absolute atomic E-state index is 0.0557. The molecule has 4 heteroatoms. The fraction of sp³-hybridized carbons (Fsp3) is 0.476. The van der Waals surface area contributed by atoms with Gasteiger partial charge in [0.1, 0.15) is 0 Å². The van der Waals surface area contributed by atoms with Crippen molar-refractivity contribution in [2.24, 2.45) is 5.92 Å². The molecule has 1 fully saturated rings. The topological polar surface area (TPSA) is 56.3 Å². The van der Waals surface area contributed by atoms with Crippen molar-refractivity contribution in [3.05, 3.63) is 41.1 Å². The summed E-state index contributed by atoms with van der Waals surface area (Å²) in [6.45, 7) is 2.21. The molecule has 25 heavy (non-hydrogen) atoms. The Hall–Kier alpha value is -2.23. The number of carbonyl (C=O) groups excluding carboxylic acids is 2. The van der Waals surface area contributed by atoms with E-state index in [2.05, 4.69) is 6.92 Å². The Morgan fingerprint density at radius 3 is 2.84 bits per heavy atom. The standard InChI is InChI=1S/C21H23NO3/c1-13-10-11-17-15(12-13)20(14-6-2-3-7-16(14)22-17)21(24)25-19-9-5-4-8-18(19)23/h2-3,6-7,13,19H,4-5,8-12H2,1H3/t13-,19+/m1/s1. The van der Waals surface area contributed by atoms with Crippen molar-refractivity contribution in [2.45, 2.75) is 58.0 Å². The van der Waals surface area contributed by atoms with E-state index in [1.807, 2.05) is 24.3 Å². The van der Waals surface area contributed by atoms with Crippen molar-refractivity contribution in [3.8, 4) is 0 Å². The van der Waals surface area contributed by atoms with Gasteiger partial charge in [0.25, 0.3) is 0 Å². The van der Waals surface area contributed by atoms with E-state index in [9.17, 15) is 9.59 Å². The van der Waals surface area contributed by atoms with Gasteiger partial charge in [-0.2, -0.15) is 0 Å². The predicted molar refractivity (Wildman–Crippen MR) is 95.6 cm³/mol. The Morgan fingerprint density at radius 1 is 1.16 bits per heavy atom. The molecule has 4 rings (SSSR count). The highest BCUT2D eigenvalue weighted by atomic mass is 16.5. The number of benzene rings is 1. The Kier molecular flexibility index (Phi) is 4.28. The maximum absolute atomic E-state index is 13.0. The van der Waals surface area contributed by atoms with Crippen LogP contribution in [0.1, 0.15) is 60.6 Å². The van der Waals surface area contributed by atoms with Crippen LogP contribution in [0.2, 0.25) is 0 Å². The second-order valence-corrected chi connectivity index (χ2v) is 7.38. The van der Waals surface area contributed by atoms with Gasteiger partial charge < -0.3 is 4.74 Å². The van der Waals surface area contributed by atoms with E-state index in [1.165, 1.54) is 0 Å². The third-order valence-electron chi connectivity index (χ3n) is 5.46. The van der Waals surface area contributed by atoms with Crippen molar-refractivity contribution in [1.29, 1.82) is 0 Å². The van der Waals surface area contributed by atoms with Gasteiger partial charge in [-0.3, -0.25) is 9.78 Å². The smallest absolute Gasteiger partial charge is 0.339 e. The fourth-order valence-corrected chi connectivity index (χ4v) is 4.06. The Morgan fingerprint density at radius 2 is 2.00 bits per heavy atom. The van der Waals surface area contributed by atoms with Crippen molar-refractivity contribution in [1.82, 2.24) is 4.98 Å². The van der Waals surface area contributed by atoms with Crippen LogP contribution in [0.25, 0.3) is 10.9 Å². The van der Waals surface area contributed by atoms with Crippen LogP contribution in [-0.4, -0.2) is 22.8 Å². The van der Waals surface area contributed by atoms with Crippen molar-refractivity contribution < 1.29 is 14.3 Å². The number of para-hydroxylation sites is 1. The summed E-state index contributed by atoms with van der Waals surface area (Å²) in [5.74, 6) is 0.225. The first kappa shape index (κ1) is 16.2. The lowest BCUT2D eigenvalue weighted by molar-refractivity contribution is -0.129. The second-order valence-electron chi connectivity index (χ2n) is 7.38. The minimum atomic E-state index is -0.579. The van der Waals surface area contributed by atoms with E-state index < -0.39 is 6.10 Å². The molecule has 0 saturated heterocycles. The molecule has 0 aliphatic heterocycles. The van der Waals surface area contributed by atoms with E-state index >= 15 is 0 Å². The first-order chi connectivity index (χ1) is 12.1. The third kappa shape index (κ3) is 3.06. The zero-order chi connectivity index (χ0) is 17.4. The molecule has 0 bridgehead atoms. The summed E-state index contributed by atoms with van der Waals surface area (Å²) in [4.78, 5) is 29.9. The fourth-order valence-electron chi connectivity index (χ4n) is 4.06. The van der Waals surface area contributed by atoms with Gasteiger partial charge in [-0.05, 0) is 56.1 Å². The minimum Gasteiger partial charge on any atom is -0.451 e. The molecular formula is C21H23NO3. The molecule has 0 N–H and O–H groups in total. The summed E-state index contributed by atoms with van der Waals surface area (Å²) in [5, 5.41) is 0.837. The molecule has 1 saturated carbocycles. The van der Waals surface area contributed by atoms with Gasteiger partial charge in [-0.25, -0.2) is 4.79 Å². The Bertz CT molecular complexity index is 842. The maximum atomic E-state index is 13.0. The number of ether oxygens (including phenoxy) is 1. The highest BCUT2D eigenvalue weighted by molar-refractivity contribution is 6.06. The normalized spacial score (nSPS) is 23.3. The number of hydrogen-bond donors (Lipinski definition) is 0. The lowest BCUT2D eigenvalue weighted by Crippen LogP contribution is -2.31. The summed E-state index contributed by atoms with van der Waals surface area (Å²) in [6, 6.07) is 7.73. The zero-order valence-corrected chi connectivity index (χ0v) is 14.6. The van der Waals surface area contributed by atoms with E-state index in [-0.39, 0.29) is 11.8 Å². The number of ketones is 1. The summed E-state index contributed by atoms with van der Waals surface area (Å²) in [7, 11) is 0. The predicted octanol–water partition coefficient (Wildman–Crippen LogP) is 4.03. The number of nitrogens with zero attached hydrogens (tertiary/aromatic N) is 1. The van der Waals surface area contributed by atoms with E-state index in [4.69, 9.17) is 9.72 Å². The van der Waals surface area contributed by atoms with Crippen LogP contribution in [-0.2, 0) is 22.4 Å². The largest absolute Gasteiger partial charge is 0.451 e. The molecule has 130 valence electrons. The molecule has 0 unspecified atom stereocenters. The van der Waals surface area contributed by atoms with Crippen LogP contribution in [0.15, 0.2) is 24.3 Å². The molecule has 4 nitrogen and oxygen atoms in total. The Labute approximate surface area is 147 Å². The number of aryl methyl sites for hydroxylation is 1. The number of Topliss-reactive ketones (excluding diaryl/α,β-unsaturated/α-hetero) is 1. The number of rotatable bonds is 2. The highest BCUT2D eigenvalue weighted by Crippen LogP contribution is 2.32. The molecule has 0 radical (unpaired) electrons. The summed E-state index contributed by atoms with van der Waals surface area (Å²) >= 11 is 0. The summed E-state index contributed by atoms with van der Waals surface area (Å²) in [6.07, 6.45) is 5.25. The lowest BCUT2D eigenvalue weighted by atomic mass is 9.84. The first-order valence-electron chi connectivity index (χ1n) is 9.27. The van der Waals surface area contributed by atoms with Crippen LogP contribution >= 0.6 is 0 Å². The van der Waals surface area contributed by atoms with Crippen molar-refractivity contribution in [3.63, 3.8) is 0 Å². The van der Waals surface area contributed by atoms with E-state index in [1.54, 1.807) is 0 Å². The van der Waals surface area contributed by atoms with Gasteiger partial charge in [0, 0.05) is 17.5 Å². The summed E-state index contributed by atoms with van der Waals surface area (Å²) in [5.41, 5.74) is 3.49. The highest BCUT2D eigenvalue weighted by Gasteiger charge is 2.30. The number of aromatic nitrogens is 1. The van der Waals surface area contributed by atoms with Gasteiger partial charge in [0.2, 0.25) is 0 Å². The second kappa shape index (κ2) is 6.58. The Balaban J connectivity index is 1.77. The molecule has 0 spiro atoms. The SMILES string of the molecule is C[C@@H]1CCc2nc3ccccc3c(C(=O)O[C@H]3CCCCC3=O)c2C1. The van der Waals surface area contributed by atoms with Gasteiger partial charge in [0.15, 0.2) is 11.9 Å². The van der Waals surface area contributed by atoms with Crippen LogP contribution in [0, 0.1) is 5.92 Å². The molecule has 1 aromatic carbocycles.